The summed E-state index contributed by atoms with van der Waals surface area (Å²) in [6.45, 7) is 0. The van der Waals surface area contributed by atoms with Crippen LogP contribution in [0.1, 0.15) is 28.4 Å². The molecule has 1 aromatic heterocycles. The van der Waals surface area contributed by atoms with Crippen LogP contribution in [0.4, 0.5) is 5.82 Å². The van der Waals surface area contributed by atoms with Gasteiger partial charge in [0.05, 0.1) is 18.7 Å². The number of guanidine groups is 1. The normalized spacial score (nSPS) is 11.6. The summed E-state index contributed by atoms with van der Waals surface area (Å²) >= 11 is 0. The number of nitrogens with two attached hydrogens (primary N) is 2. The molecule has 9 nitrogen and oxygen atoms in total. The molecule has 0 bridgehead atoms. The van der Waals surface area contributed by atoms with Crippen LogP contribution >= 0.6 is 0 Å². The molecule has 1 heterocycles. The molecule has 0 radical (unpaired) electrons. The minimum Gasteiger partial charge on any atom is -0.506 e. The minimum atomic E-state index is -1.04. The summed E-state index contributed by atoms with van der Waals surface area (Å²) in [5, 5.41) is 22.7. The van der Waals surface area contributed by atoms with Crippen molar-refractivity contribution in [2.75, 3.05) is 0 Å². The number of rotatable bonds is 6. The average Bonchev–Trinajstić information content (AvgIpc) is 2.69. The van der Waals surface area contributed by atoms with Gasteiger partial charge >= 0.3 is 5.97 Å². The zero-order chi connectivity index (χ0) is 21.0. The van der Waals surface area contributed by atoms with Gasteiger partial charge in [-0.15, -0.1) is 0 Å². The molecule has 3 aromatic rings. The van der Waals surface area contributed by atoms with Gasteiger partial charge in [-0.2, -0.15) is 4.99 Å². The second-order valence-electron chi connectivity index (χ2n) is 6.30. The van der Waals surface area contributed by atoms with Gasteiger partial charge in [-0.25, -0.2) is 4.98 Å². The van der Waals surface area contributed by atoms with Crippen LogP contribution in [0.3, 0.4) is 0 Å². The van der Waals surface area contributed by atoms with E-state index in [-0.39, 0.29) is 29.5 Å². The fourth-order valence-corrected chi connectivity index (χ4v) is 2.92. The summed E-state index contributed by atoms with van der Waals surface area (Å²) < 4.78 is 0. The van der Waals surface area contributed by atoms with E-state index in [2.05, 4.69) is 15.3 Å². The van der Waals surface area contributed by atoms with E-state index in [0.717, 1.165) is 0 Å². The maximum atomic E-state index is 12.8. The fraction of sp³-hybridized carbons (Fsp3) is 0.100. The van der Waals surface area contributed by atoms with E-state index in [0.29, 0.717) is 16.3 Å². The van der Waals surface area contributed by atoms with Gasteiger partial charge in [-0.3, -0.25) is 9.59 Å². The first-order valence-corrected chi connectivity index (χ1v) is 8.64. The molecule has 29 heavy (non-hydrogen) atoms. The van der Waals surface area contributed by atoms with Crippen LogP contribution in [0.25, 0.3) is 10.8 Å². The number of hydrogen-bond donors (Lipinski definition) is 5. The predicted octanol–water partition coefficient (Wildman–Crippen LogP) is 1.79. The number of carbonyl (C=O) groups is 2. The van der Waals surface area contributed by atoms with Crippen molar-refractivity contribution < 1.29 is 19.8 Å². The maximum Gasteiger partial charge on any atom is 0.305 e. The van der Waals surface area contributed by atoms with E-state index < -0.39 is 17.9 Å². The highest BCUT2D eigenvalue weighted by Crippen LogP contribution is 2.31. The Morgan fingerprint density at radius 3 is 2.48 bits per heavy atom. The number of aromatic hydroxyl groups is 1. The fourth-order valence-electron chi connectivity index (χ4n) is 2.92. The molecule has 0 aliphatic heterocycles. The summed E-state index contributed by atoms with van der Waals surface area (Å²) in [5.41, 5.74) is 11.7. The van der Waals surface area contributed by atoms with Gasteiger partial charge < -0.3 is 27.0 Å². The van der Waals surface area contributed by atoms with Crippen molar-refractivity contribution in [1.82, 2.24) is 10.3 Å². The van der Waals surface area contributed by atoms with E-state index in [4.69, 9.17) is 11.5 Å². The number of fused-ring (bicyclic) bond motifs is 1. The number of amides is 1. The van der Waals surface area contributed by atoms with Crippen LogP contribution in [0.15, 0.2) is 59.7 Å². The Labute approximate surface area is 165 Å². The van der Waals surface area contributed by atoms with Gasteiger partial charge in [-0.05, 0) is 23.8 Å². The smallest absolute Gasteiger partial charge is 0.305 e. The molecule has 0 saturated heterocycles. The van der Waals surface area contributed by atoms with Crippen molar-refractivity contribution >= 4 is 34.4 Å². The number of carboxylic acid groups (broad SMARTS) is 1. The van der Waals surface area contributed by atoms with E-state index >= 15 is 0 Å². The number of hydrogen-bond acceptors (Lipinski definition) is 5. The molecule has 7 N–H and O–H groups in total. The van der Waals surface area contributed by atoms with Crippen LogP contribution in [0, 0.1) is 0 Å². The first-order chi connectivity index (χ1) is 13.8. The number of aromatic nitrogens is 1. The highest BCUT2D eigenvalue weighted by Gasteiger charge is 2.19. The molecule has 1 amide bonds. The first-order valence-electron chi connectivity index (χ1n) is 8.64. The lowest BCUT2D eigenvalue weighted by molar-refractivity contribution is -0.137. The standard InChI is InChI=1S/C20H19N5O4/c21-20(22)25-18-14-8-12(6-7-13(14)16(26)10-23-18)19(29)24-15(9-17(27)28)11-4-2-1-3-5-11/h1-8,10,15,26H,9H2,(H,24,29)(H,27,28)(H4,21,22,23,25). The molecular formula is C20H19N5O4. The number of aliphatic carboxylic acids is 1. The molecule has 2 aromatic carbocycles. The van der Waals surface area contributed by atoms with Crippen molar-refractivity contribution in [3.05, 3.63) is 65.9 Å². The number of carbonyl (C=O) groups excluding carboxylic acids is 1. The molecule has 0 spiro atoms. The van der Waals surface area contributed by atoms with Crippen LogP contribution in [-0.2, 0) is 4.79 Å². The zero-order valence-corrected chi connectivity index (χ0v) is 15.2. The Bertz CT molecular complexity index is 1090. The molecule has 0 saturated carbocycles. The van der Waals surface area contributed by atoms with Crippen molar-refractivity contribution in [2.45, 2.75) is 12.5 Å². The second kappa shape index (κ2) is 8.26. The summed E-state index contributed by atoms with van der Waals surface area (Å²) in [7, 11) is 0. The largest absolute Gasteiger partial charge is 0.506 e. The third kappa shape index (κ3) is 4.59. The van der Waals surface area contributed by atoms with Crippen LogP contribution in [0.5, 0.6) is 5.75 Å². The molecule has 1 atom stereocenters. The number of pyridine rings is 1. The van der Waals surface area contributed by atoms with E-state index in [1.807, 2.05) is 0 Å². The molecule has 0 aliphatic rings. The molecule has 0 aliphatic carbocycles. The van der Waals surface area contributed by atoms with E-state index in [1.54, 1.807) is 36.4 Å². The van der Waals surface area contributed by atoms with Gasteiger partial charge in [0, 0.05) is 16.3 Å². The second-order valence-corrected chi connectivity index (χ2v) is 6.30. The van der Waals surface area contributed by atoms with Crippen molar-refractivity contribution in [3.63, 3.8) is 0 Å². The van der Waals surface area contributed by atoms with E-state index in [1.165, 1.54) is 18.3 Å². The van der Waals surface area contributed by atoms with Crippen molar-refractivity contribution in [2.24, 2.45) is 16.5 Å². The molecule has 148 valence electrons. The number of carboxylic acids is 1. The highest BCUT2D eigenvalue weighted by atomic mass is 16.4. The number of benzene rings is 2. The number of aliphatic imine (C=N–C) groups is 1. The summed E-state index contributed by atoms with van der Waals surface area (Å²) in [4.78, 5) is 31.9. The number of nitrogens with one attached hydrogen (secondary N) is 1. The molecule has 1 unspecified atom stereocenters. The molecule has 0 fully saturated rings. The Morgan fingerprint density at radius 1 is 1.10 bits per heavy atom. The minimum absolute atomic E-state index is 0.0884. The van der Waals surface area contributed by atoms with E-state index in [9.17, 15) is 19.8 Å². The van der Waals surface area contributed by atoms with Crippen LogP contribution in [-0.4, -0.2) is 33.0 Å². The molecule has 9 heteroatoms. The predicted molar refractivity (Wildman–Crippen MR) is 108 cm³/mol. The lowest BCUT2D eigenvalue weighted by Gasteiger charge is -2.18. The Kier molecular flexibility index (Phi) is 5.59. The third-order valence-electron chi connectivity index (χ3n) is 4.23. The quantitative estimate of drug-likeness (QED) is 0.315. The Balaban J connectivity index is 1.97. The summed E-state index contributed by atoms with van der Waals surface area (Å²) in [6.07, 6.45) is 0.938. The summed E-state index contributed by atoms with van der Waals surface area (Å²) in [5.74, 6) is -1.68. The Morgan fingerprint density at radius 2 is 1.83 bits per heavy atom. The summed E-state index contributed by atoms with van der Waals surface area (Å²) in [6, 6.07) is 12.7. The lowest BCUT2D eigenvalue weighted by Crippen LogP contribution is -2.30. The van der Waals surface area contributed by atoms with Gasteiger partial charge in [0.25, 0.3) is 5.91 Å². The number of nitrogens with zero attached hydrogens (tertiary/aromatic N) is 2. The van der Waals surface area contributed by atoms with Gasteiger partial charge in [0.1, 0.15) is 5.75 Å². The monoisotopic (exact) mass is 393 g/mol. The van der Waals surface area contributed by atoms with Crippen LogP contribution < -0.4 is 16.8 Å². The average molecular weight is 393 g/mol. The topological polar surface area (TPSA) is 164 Å². The zero-order valence-electron chi connectivity index (χ0n) is 15.2. The maximum absolute atomic E-state index is 12.8. The SMILES string of the molecule is NC(N)=Nc1ncc(O)c2ccc(C(=O)NC(CC(=O)O)c3ccccc3)cc12. The van der Waals surface area contributed by atoms with Crippen molar-refractivity contribution in [3.8, 4) is 5.75 Å². The highest BCUT2D eigenvalue weighted by molar-refractivity contribution is 6.03. The first kappa shape index (κ1) is 19.6. The third-order valence-corrected chi connectivity index (χ3v) is 4.23. The molecular weight excluding hydrogens is 374 g/mol. The van der Waals surface area contributed by atoms with Gasteiger partial charge in [0.15, 0.2) is 11.8 Å². The Hall–Kier alpha value is -4.14. The molecule has 3 rings (SSSR count). The van der Waals surface area contributed by atoms with Gasteiger partial charge in [-0.1, -0.05) is 30.3 Å². The van der Waals surface area contributed by atoms with Crippen molar-refractivity contribution in [1.29, 1.82) is 0 Å². The van der Waals surface area contributed by atoms with Crippen LogP contribution in [0.2, 0.25) is 0 Å². The lowest BCUT2D eigenvalue weighted by atomic mass is 10.0. The van der Waals surface area contributed by atoms with Gasteiger partial charge in [0.2, 0.25) is 0 Å².